The minimum atomic E-state index is -0.886. The van der Waals surface area contributed by atoms with E-state index in [1.165, 1.54) is 11.1 Å². The number of rotatable bonds is 7. The van der Waals surface area contributed by atoms with Gasteiger partial charge in [-0.3, -0.25) is 4.21 Å². The van der Waals surface area contributed by atoms with Gasteiger partial charge in [-0.1, -0.05) is 38.1 Å². The minimum Gasteiger partial charge on any atom is -0.309 e. The SMILES string of the molecule is CCCNC(c1ccc(CC)cc1)C(C)S(=O)C(C)(C)C. The summed E-state index contributed by atoms with van der Waals surface area (Å²) in [6.45, 7) is 13.5. The molecule has 0 aliphatic carbocycles. The predicted molar refractivity (Wildman–Crippen MR) is 94.2 cm³/mol. The molecule has 0 radical (unpaired) electrons. The van der Waals surface area contributed by atoms with Gasteiger partial charge in [0.05, 0.1) is 5.25 Å². The van der Waals surface area contributed by atoms with Crippen molar-refractivity contribution in [3.8, 4) is 0 Å². The van der Waals surface area contributed by atoms with Gasteiger partial charge in [0.25, 0.3) is 0 Å². The van der Waals surface area contributed by atoms with Crippen LogP contribution in [0.4, 0.5) is 0 Å². The van der Waals surface area contributed by atoms with Crippen LogP contribution < -0.4 is 5.32 Å². The van der Waals surface area contributed by atoms with Crippen LogP contribution in [0.25, 0.3) is 0 Å². The molecule has 21 heavy (non-hydrogen) atoms. The zero-order valence-corrected chi connectivity index (χ0v) is 15.2. The van der Waals surface area contributed by atoms with Gasteiger partial charge in [-0.2, -0.15) is 0 Å². The van der Waals surface area contributed by atoms with Gasteiger partial charge in [0.15, 0.2) is 0 Å². The van der Waals surface area contributed by atoms with Gasteiger partial charge in [-0.05, 0) is 58.2 Å². The zero-order chi connectivity index (χ0) is 16.0. The molecule has 0 fully saturated rings. The second-order valence-corrected chi connectivity index (χ2v) is 9.20. The average molecular weight is 310 g/mol. The number of hydrogen-bond donors (Lipinski definition) is 1. The highest BCUT2D eigenvalue weighted by molar-refractivity contribution is 7.87. The Hall–Kier alpha value is -0.670. The molecule has 0 saturated carbocycles. The summed E-state index contributed by atoms with van der Waals surface area (Å²) < 4.78 is 12.6. The molecule has 1 aromatic carbocycles. The molecule has 3 atom stereocenters. The fourth-order valence-electron chi connectivity index (χ4n) is 2.50. The van der Waals surface area contributed by atoms with Gasteiger partial charge in [0, 0.05) is 21.6 Å². The Morgan fingerprint density at radius 3 is 2.14 bits per heavy atom. The quantitative estimate of drug-likeness (QED) is 0.817. The monoisotopic (exact) mass is 309 g/mol. The van der Waals surface area contributed by atoms with E-state index in [-0.39, 0.29) is 16.0 Å². The lowest BCUT2D eigenvalue weighted by atomic mass is 10.0. The van der Waals surface area contributed by atoms with Crippen molar-refractivity contribution in [1.29, 1.82) is 0 Å². The van der Waals surface area contributed by atoms with Gasteiger partial charge in [0.2, 0.25) is 0 Å². The third-order valence-corrected chi connectivity index (χ3v) is 5.93. The van der Waals surface area contributed by atoms with Crippen LogP contribution in [0, 0.1) is 0 Å². The lowest BCUT2D eigenvalue weighted by Gasteiger charge is -2.30. The van der Waals surface area contributed by atoms with Crippen molar-refractivity contribution >= 4 is 10.8 Å². The normalized spacial score (nSPS) is 16.5. The highest BCUT2D eigenvalue weighted by Gasteiger charge is 2.31. The van der Waals surface area contributed by atoms with Gasteiger partial charge in [-0.25, -0.2) is 0 Å². The summed E-state index contributed by atoms with van der Waals surface area (Å²) in [5, 5.41) is 3.67. The van der Waals surface area contributed by atoms with Crippen LogP contribution in [-0.2, 0) is 17.2 Å². The molecule has 2 nitrogen and oxygen atoms in total. The molecule has 0 aliphatic heterocycles. The van der Waals surface area contributed by atoms with Crippen molar-refractivity contribution in [2.45, 2.75) is 70.4 Å². The Morgan fingerprint density at radius 2 is 1.71 bits per heavy atom. The van der Waals surface area contributed by atoms with Gasteiger partial charge in [0.1, 0.15) is 0 Å². The van der Waals surface area contributed by atoms with E-state index in [1.54, 1.807) is 0 Å². The molecule has 0 spiro atoms. The summed E-state index contributed by atoms with van der Waals surface area (Å²) in [4.78, 5) is 0. The van der Waals surface area contributed by atoms with Crippen molar-refractivity contribution < 1.29 is 4.21 Å². The maximum atomic E-state index is 12.7. The molecule has 0 heterocycles. The maximum Gasteiger partial charge on any atom is 0.0520 e. The van der Waals surface area contributed by atoms with Crippen LogP contribution in [0.2, 0.25) is 0 Å². The third kappa shape index (κ3) is 5.23. The summed E-state index contributed by atoms with van der Waals surface area (Å²) in [5.74, 6) is 0. The van der Waals surface area contributed by atoms with Crippen LogP contribution >= 0.6 is 0 Å². The molecule has 1 rings (SSSR count). The number of benzene rings is 1. The van der Waals surface area contributed by atoms with Crippen LogP contribution in [0.5, 0.6) is 0 Å². The smallest absolute Gasteiger partial charge is 0.0520 e. The lowest BCUT2D eigenvalue weighted by molar-refractivity contribution is 0.511. The first-order chi connectivity index (χ1) is 9.81. The summed E-state index contributed by atoms with van der Waals surface area (Å²) in [6.07, 6.45) is 2.13. The minimum absolute atomic E-state index is 0.0871. The van der Waals surface area contributed by atoms with Crippen LogP contribution in [0.3, 0.4) is 0 Å². The molecule has 3 unspecified atom stereocenters. The maximum absolute atomic E-state index is 12.7. The highest BCUT2D eigenvalue weighted by Crippen LogP contribution is 2.27. The molecule has 0 bridgehead atoms. The number of aryl methyl sites for hydroxylation is 1. The van der Waals surface area contributed by atoms with E-state index in [9.17, 15) is 4.21 Å². The Labute approximate surface area is 133 Å². The predicted octanol–water partition coefficient (Wildman–Crippen LogP) is 4.23. The Morgan fingerprint density at radius 1 is 1.14 bits per heavy atom. The molecule has 0 aromatic heterocycles. The fraction of sp³-hybridized carbons (Fsp3) is 0.667. The first kappa shape index (κ1) is 18.4. The molecule has 3 heteroatoms. The van der Waals surface area contributed by atoms with Crippen LogP contribution in [0.15, 0.2) is 24.3 Å². The largest absolute Gasteiger partial charge is 0.309 e. The summed E-state index contributed by atoms with van der Waals surface area (Å²) in [7, 11) is -0.886. The van der Waals surface area contributed by atoms with Crippen molar-refractivity contribution in [2.24, 2.45) is 0 Å². The van der Waals surface area contributed by atoms with Gasteiger partial charge < -0.3 is 5.32 Å². The first-order valence-electron chi connectivity index (χ1n) is 8.04. The number of nitrogens with one attached hydrogen (secondary N) is 1. The first-order valence-corrected chi connectivity index (χ1v) is 9.25. The van der Waals surface area contributed by atoms with E-state index in [2.05, 4.69) is 71.1 Å². The van der Waals surface area contributed by atoms with Crippen molar-refractivity contribution in [2.75, 3.05) is 6.54 Å². The summed E-state index contributed by atoms with van der Waals surface area (Å²) in [6, 6.07) is 8.88. The highest BCUT2D eigenvalue weighted by atomic mass is 32.2. The molecule has 0 saturated heterocycles. The summed E-state index contributed by atoms with van der Waals surface area (Å²) in [5.41, 5.74) is 2.59. The Balaban J connectivity index is 3.00. The zero-order valence-electron chi connectivity index (χ0n) is 14.4. The standard InChI is InChI=1S/C18H31NOS/c1-7-13-19-17(14(3)21(20)18(4,5)6)16-11-9-15(8-2)10-12-16/h9-12,14,17,19H,7-8,13H2,1-6H3. The number of hydrogen-bond acceptors (Lipinski definition) is 2. The second-order valence-electron chi connectivity index (χ2n) is 6.64. The van der Waals surface area contributed by atoms with Gasteiger partial charge >= 0.3 is 0 Å². The topological polar surface area (TPSA) is 29.1 Å². The van der Waals surface area contributed by atoms with E-state index >= 15 is 0 Å². The molecule has 0 amide bonds. The molecule has 1 aromatic rings. The average Bonchev–Trinajstić information content (AvgIpc) is 2.46. The lowest BCUT2D eigenvalue weighted by Crippen LogP contribution is -2.39. The molecule has 1 N–H and O–H groups in total. The van der Waals surface area contributed by atoms with E-state index in [1.807, 2.05) is 0 Å². The molecule has 0 aliphatic rings. The van der Waals surface area contributed by atoms with E-state index < -0.39 is 10.8 Å². The molecular weight excluding hydrogens is 278 g/mol. The van der Waals surface area contributed by atoms with E-state index in [0.29, 0.717) is 0 Å². The van der Waals surface area contributed by atoms with Gasteiger partial charge in [-0.15, -0.1) is 0 Å². The van der Waals surface area contributed by atoms with E-state index in [4.69, 9.17) is 0 Å². The summed E-state index contributed by atoms with van der Waals surface area (Å²) >= 11 is 0. The third-order valence-electron chi connectivity index (χ3n) is 3.77. The van der Waals surface area contributed by atoms with E-state index in [0.717, 1.165) is 19.4 Å². The van der Waals surface area contributed by atoms with Crippen molar-refractivity contribution in [3.63, 3.8) is 0 Å². The van der Waals surface area contributed by atoms with Crippen molar-refractivity contribution in [3.05, 3.63) is 35.4 Å². The van der Waals surface area contributed by atoms with Crippen molar-refractivity contribution in [1.82, 2.24) is 5.32 Å². The second kappa shape index (κ2) is 8.09. The molecular formula is C18H31NOS. The fourth-order valence-corrected chi connectivity index (χ4v) is 4.11. The van der Waals surface area contributed by atoms with Crippen LogP contribution in [0.1, 0.15) is 65.1 Å². The van der Waals surface area contributed by atoms with Crippen LogP contribution in [-0.4, -0.2) is 20.8 Å². The Kier molecular flexibility index (Phi) is 7.08. The Bertz CT molecular complexity index is 447. The molecule has 120 valence electrons.